The number of piperazine rings is 1. The van der Waals surface area contributed by atoms with Gasteiger partial charge in [-0.25, -0.2) is 0 Å². The summed E-state index contributed by atoms with van der Waals surface area (Å²) < 4.78 is 1.16. The molecule has 4 heteroatoms. The van der Waals surface area contributed by atoms with Gasteiger partial charge in [-0.05, 0) is 37.7 Å². The van der Waals surface area contributed by atoms with E-state index in [2.05, 4.69) is 62.8 Å². The largest absolute Gasteiger partial charge is 0.315 e. The molecule has 0 amide bonds. The molecule has 0 spiro atoms. The van der Waals surface area contributed by atoms with Gasteiger partial charge in [0.25, 0.3) is 0 Å². The highest BCUT2D eigenvalue weighted by Gasteiger charge is 2.17. The lowest BCUT2D eigenvalue weighted by molar-refractivity contribution is 0.196. The van der Waals surface area contributed by atoms with E-state index in [1.165, 1.54) is 5.56 Å². The van der Waals surface area contributed by atoms with Crippen molar-refractivity contribution in [2.45, 2.75) is 12.5 Å². The molecule has 100 valence electrons. The average molecular weight is 312 g/mol. The second kappa shape index (κ2) is 7.24. The zero-order chi connectivity index (χ0) is 12.8. The van der Waals surface area contributed by atoms with Crippen molar-refractivity contribution in [1.82, 2.24) is 15.5 Å². The van der Waals surface area contributed by atoms with Crippen molar-refractivity contribution >= 4 is 15.9 Å². The highest BCUT2D eigenvalue weighted by molar-refractivity contribution is 9.10. The van der Waals surface area contributed by atoms with Crippen LogP contribution >= 0.6 is 15.9 Å². The van der Waals surface area contributed by atoms with Crippen LogP contribution in [0.25, 0.3) is 0 Å². The first-order valence-corrected chi connectivity index (χ1v) is 7.41. The van der Waals surface area contributed by atoms with Crippen molar-refractivity contribution in [1.29, 1.82) is 0 Å². The van der Waals surface area contributed by atoms with Crippen LogP contribution in [0.4, 0.5) is 0 Å². The normalized spacial score (nSPS) is 21.1. The molecule has 1 aliphatic rings. The Balaban J connectivity index is 1.66. The number of nitrogens with zero attached hydrogens (tertiary/aromatic N) is 1. The van der Waals surface area contributed by atoms with Crippen molar-refractivity contribution in [2.75, 3.05) is 39.8 Å². The predicted octanol–water partition coefficient (Wildman–Crippen LogP) is 1.48. The van der Waals surface area contributed by atoms with Gasteiger partial charge in [0.2, 0.25) is 0 Å². The minimum absolute atomic E-state index is 0.626. The lowest BCUT2D eigenvalue weighted by atomic mass is 10.1. The molecule has 1 saturated heterocycles. The number of halogens is 1. The molecule has 1 heterocycles. The highest BCUT2D eigenvalue weighted by Crippen LogP contribution is 2.11. The minimum Gasteiger partial charge on any atom is -0.315 e. The Morgan fingerprint density at radius 2 is 2.39 bits per heavy atom. The standard InChI is InChI=1S/C14H22BrN3/c1-18-8-7-17-11-14(18)10-16-6-5-12-3-2-4-13(15)9-12/h2-4,9,14,16-17H,5-8,10-11H2,1H3. The Hall–Kier alpha value is -0.420. The second-order valence-electron chi connectivity index (χ2n) is 4.92. The van der Waals surface area contributed by atoms with E-state index in [0.717, 1.165) is 43.6 Å². The Bertz CT molecular complexity index is 370. The van der Waals surface area contributed by atoms with Crippen molar-refractivity contribution in [2.24, 2.45) is 0 Å². The SMILES string of the molecule is CN1CCNCC1CNCCc1cccc(Br)c1. The zero-order valence-electron chi connectivity index (χ0n) is 11.0. The van der Waals surface area contributed by atoms with E-state index in [0.29, 0.717) is 6.04 Å². The molecule has 1 aromatic rings. The predicted molar refractivity (Wildman–Crippen MR) is 80.0 cm³/mol. The summed E-state index contributed by atoms with van der Waals surface area (Å²) in [6.07, 6.45) is 1.09. The van der Waals surface area contributed by atoms with E-state index in [1.54, 1.807) is 0 Å². The van der Waals surface area contributed by atoms with E-state index in [9.17, 15) is 0 Å². The van der Waals surface area contributed by atoms with Crippen LogP contribution in [0.1, 0.15) is 5.56 Å². The third-order valence-electron chi connectivity index (χ3n) is 3.50. The first-order chi connectivity index (χ1) is 8.75. The molecule has 0 saturated carbocycles. The zero-order valence-corrected chi connectivity index (χ0v) is 12.5. The van der Waals surface area contributed by atoms with Gasteiger partial charge >= 0.3 is 0 Å². The molecular weight excluding hydrogens is 290 g/mol. The van der Waals surface area contributed by atoms with E-state index >= 15 is 0 Å². The number of hydrogen-bond acceptors (Lipinski definition) is 3. The van der Waals surface area contributed by atoms with Gasteiger partial charge < -0.3 is 10.6 Å². The molecule has 1 unspecified atom stereocenters. The van der Waals surface area contributed by atoms with Crippen LogP contribution in [-0.2, 0) is 6.42 Å². The topological polar surface area (TPSA) is 27.3 Å². The number of nitrogens with one attached hydrogen (secondary N) is 2. The Morgan fingerprint density at radius 3 is 3.17 bits per heavy atom. The van der Waals surface area contributed by atoms with Crippen LogP contribution in [0, 0.1) is 0 Å². The third-order valence-corrected chi connectivity index (χ3v) is 4.00. The molecule has 1 aliphatic heterocycles. The van der Waals surface area contributed by atoms with E-state index < -0.39 is 0 Å². The summed E-state index contributed by atoms with van der Waals surface area (Å²) in [7, 11) is 2.21. The van der Waals surface area contributed by atoms with E-state index in [-0.39, 0.29) is 0 Å². The molecule has 18 heavy (non-hydrogen) atoms. The molecular formula is C14H22BrN3. The van der Waals surface area contributed by atoms with Gasteiger partial charge in [0.05, 0.1) is 0 Å². The minimum atomic E-state index is 0.626. The van der Waals surface area contributed by atoms with Crippen LogP contribution in [0.3, 0.4) is 0 Å². The molecule has 0 radical (unpaired) electrons. The maximum atomic E-state index is 3.56. The quantitative estimate of drug-likeness (QED) is 0.807. The lowest BCUT2D eigenvalue weighted by Crippen LogP contribution is -2.53. The van der Waals surface area contributed by atoms with Crippen LogP contribution in [-0.4, -0.2) is 50.7 Å². The summed E-state index contributed by atoms with van der Waals surface area (Å²) in [4.78, 5) is 2.43. The Kier molecular flexibility index (Phi) is 5.63. The maximum absolute atomic E-state index is 3.56. The number of hydrogen-bond donors (Lipinski definition) is 2. The van der Waals surface area contributed by atoms with E-state index in [1.807, 2.05) is 0 Å². The molecule has 1 aromatic carbocycles. The highest BCUT2D eigenvalue weighted by atomic mass is 79.9. The first-order valence-electron chi connectivity index (χ1n) is 6.62. The van der Waals surface area contributed by atoms with Crippen LogP contribution in [0.2, 0.25) is 0 Å². The van der Waals surface area contributed by atoms with Gasteiger partial charge in [0.1, 0.15) is 0 Å². The third kappa shape index (κ3) is 4.35. The summed E-state index contributed by atoms with van der Waals surface area (Å²) in [5, 5.41) is 7.00. The first kappa shape index (κ1) is 14.0. The number of rotatable bonds is 5. The fourth-order valence-electron chi connectivity index (χ4n) is 2.28. The molecule has 1 fully saturated rings. The molecule has 0 aromatic heterocycles. The smallest absolute Gasteiger partial charge is 0.0342 e. The van der Waals surface area contributed by atoms with Crippen LogP contribution < -0.4 is 10.6 Å². The maximum Gasteiger partial charge on any atom is 0.0342 e. The Morgan fingerprint density at radius 1 is 1.50 bits per heavy atom. The van der Waals surface area contributed by atoms with E-state index in [4.69, 9.17) is 0 Å². The molecule has 0 bridgehead atoms. The van der Waals surface area contributed by atoms with Crippen molar-refractivity contribution in [3.05, 3.63) is 34.3 Å². The molecule has 1 atom stereocenters. The summed E-state index contributed by atoms with van der Waals surface area (Å²) in [5.41, 5.74) is 1.38. The molecule has 3 nitrogen and oxygen atoms in total. The summed E-state index contributed by atoms with van der Waals surface area (Å²) in [5.74, 6) is 0. The Labute approximate surface area is 118 Å². The molecule has 2 rings (SSSR count). The van der Waals surface area contributed by atoms with Crippen LogP contribution in [0.5, 0.6) is 0 Å². The van der Waals surface area contributed by atoms with Crippen molar-refractivity contribution in [3.8, 4) is 0 Å². The van der Waals surface area contributed by atoms with Crippen molar-refractivity contribution < 1.29 is 0 Å². The lowest BCUT2D eigenvalue weighted by Gasteiger charge is -2.33. The molecule has 2 N–H and O–H groups in total. The monoisotopic (exact) mass is 311 g/mol. The van der Waals surface area contributed by atoms with Gasteiger partial charge in [0.15, 0.2) is 0 Å². The van der Waals surface area contributed by atoms with Gasteiger partial charge in [-0.15, -0.1) is 0 Å². The summed E-state index contributed by atoms with van der Waals surface area (Å²) >= 11 is 3.51. The second-order valence-corrected chi connectivity index (χ2v) is 5.84. The van der Waals surface area contributed by atoms with Crippen LogP contribution in [0.15, 0.2) is 28.7 Å². The average Bonchev–Trinajstić information content (AvgIpc) is 2.37. The fraction of sp³-hybridized carbons (Fsp3) is 0.571. The van der Waals surface area contributed by atoms with Crippen molar-refractivity contribution in [3.63, 3.8) is 0 Å². The fourth-order valence-corrected chi connectivity index (χ4v) is 2.73. The molecule has 0 aliphatic carbocycles. The summed E-state index contributed by atoms with van der Waals surface area (Å²) in [6.45, 7) is 5.47. The van der Waals surface area contributed by atoms with Gasteiger partial charge in [-0.2, -0.15) is 0 Å². The number of benzene rings is 1. The van der Waals surface area contributed by atoms with Gasteiger partial charge in [-0.1, -0.05) is 28.1 Å². The number of likely N-dealkylation sites (N-methyl/N-ethyl adjacent to an activating group) is 1. The van der Waals surface area contributed by atoms with Gasteiger partial charge in [0, 0.05) is 36.7 Å². The summed E-state index contributed by atoms with van der Waals surface area (Å²) in [6, 6.07) is 9.16. The van der Waals surface area contributed by atoms with Gasteiger partial charge in [-0.3, -0.25) is 4.90 Å².